The van der Waals surface area contributed by atoms with Gasteiger partial charge in [0.25, 0.3) is 0 Å². The molecule has 0 N–H and O–H groups in total. The first-order valence-electron chi connectivity index (χ1n) is 9.19. The van der Waals surface area contributed by atoms with Crippen LogP contribution in [0.4, 0.5) is 0 Å². The molecular formula is C21H27NO4. The number of rotatable bonds is 3. The van der Waals surface area contributed by atoms with E-state index in [9.17, 15) is 9.59 Å². The summed E-state index contributed by atoms with van der Waals surface area (Å²) < 4.78 is 9.58. The van der Waals surface area contributed by atoms with Gasteiger partial charge in [0.2, 0.25) is 0 Å². The van der Waals surface area contributed by atoms with Crippen molar-refractivity contribution < 1.29 is 19.1 Å². The van der Waals surface area contributed by atoms with Crippen LogP contribution in [0.5, 0.6) is 0 Å². The molecule has 5 heteroatoms. The third-order valence-corrected chi connectivity index (χ3v) is 4.81. The van der Waals surface area contributed by atoms with Gasteiger partial charge in [-0.25, -0.2) is 4.79 Å². The van der Waals surface area contributed by atoms with E-state index < -0.39 is 0 Å². The maximum atomic E-state index is 11.6. The predicted molar refractivity (Wildman–Crippen MR) is 101 cm³/mol. The standard InChI is InChI=1S/C19H21NO4.C2H6/c1-23-18(21)13-5-3-12(4-6-13)16-9-7-14-11-15(19(22)24-2)8-10-17(14)20-16;1-2/h7-13H,3-6H2,1-2H3;1-2H3. The summed E-state index contributed by atoms with van der Waals surface area (Å²) in [5.74, 6) is -0.0534. The molecule has 0 aliphatic heterocycles. The van der Waals surface area contributed by atoms with Crippen LogP contribution >= 0.6 is 0 Å². The fraction of sp³-hybridized carbons (Fsp3) is 0.476. The molecule has 3 rings (SSSR count). The van der Waals surface area contributed by atoms with Gasteiger partial charge in [-0.3, -0.25) is 9.78 Å². The Morgan fingerprint density at radius 1 is 0.962 bits per heavy atom. The molecule has 1 heterocycles. The smallest absolute Gasteiger partial charge is 0.337 e. The Hall–Kier alpha value is -2.43. The minimum atomic E-state index is -0.345. The minimum Gasteiger partial charge on any atom is -0.469 e. The Bertz CT molecular complexity index is 764. The second-order valence-electron chi connectivity index (χ2n) is 6.21. The van der Waals surface area contributed by atoms with Crippen LogP contribution in [0.15, 0.2) is 30.3 Å². The van der Waals surface area contributed by atoms with E-state index in [1.165, 1.54) is 14.2 Å². The fourth-order valence-corrected chi connectivity index (χ4v) is 3.41. The van der Waals surface area contributed by atoms with Gasteiger partial charge in [-0.2, -0.15) is 0 Å². The summed E-state index contributed by atoms with van der Waals surface area (Å²) in [5, 5.41) is 0.921. The molecular weight excluding hydrogens is 330 g/mol. The topological polar surface area (TPSA) is 65.5 Å². The molecule has 0 unspecified atom stereocenters. The van der Waals surface area contributed by atoms with Gasteiger partial charge in [0.1, 0.15) is 0 Å². The summed E-state index contributed by atoms with van der Waals surface area (Å²) in [5.41, 5.74) is 2.45. The van der Waals surface area contributed by atoms with Gasteiger partial charge in [-0.15, -0.1) is 0 Å². The molecule has 1 aliphatic rings. The summed E-state index contributed by atoms with van der Waals surface area (Å²) in [6.45, 7) is 4.00. The second-order valence-corrected chi connectivity index (χ2v) is 6.21. The van der Waals surface area contributed by atoms with E-state index >= 15 is 0 Å². The van der Waals surface area contributed by atoms with Crippen LogP contribution in [0.2, 0.25) is 0 Å². The molecule has 1 aromatic carbocycles. The Balaban J connectivity index is 0.00000117. The van der Waals surface area contributed by atoms with Crippen LogP contribution < -0.4 is 0 Å². The van der Waals surface area contributed by atoms with Crippen molar-refractivity contribution in [3.05, 3.63) is 41.6 Å². The van der Waals surface area contributed by atoms with Crippen LogP contribution in [-0.4, -0.2) is 31.1 Å². The summed E-state index contributed by atoms with van der Waals surface area (Å²) in [6, 6.07) is 9.40. The number of benzene rings is 1. The van der Waals surface area contributed by atoms with Crippen molar-refractivity contribution in [2.24, 2.45) is 5.92 Å². The number of carbonyl (C=O) groups excluding carboxylic acids is 2. The monoisotopic (exact) mass is 357 g/mol. The van der Waals surface area contributed by atoms with Crippen LogP contribution in [0.3, 0.4) is 0 Å². The summed E-state index contributed by atoms with van der Waals surface area (Å²) in [4.78, 5) is 28.0. The maximum Gasteiger partial charge on any atom is 0.337 e. The molecule has 1 aliphatic carbocycles. The number of carbonyl (C=O) groups is 2. The van der Waals surface area contributed by atoms with Gasteiger partial charge in [0, 0.05) is 17.0 Å². The van der Waals surface area contributed by atoms with E-state index in [0.29, 0.717) is 11.5 Å². The zero-order valence-corrected chi connectivity index (χ0v) is 16.0. The van der Waals surface area contributed by atoms with E-state index in [1.54, 1.807) is 12.1 Å². The third kappa shape index (κ3) is 4.40. The number of ether oxygens (including phenoxy) is 2. The molecule has 0 saturated heterocycles. The van der Waals surface area contributed by atoms with Crippen molar-refractivity contribution in [3.63, 3.8) is 0 Å². The van der Waals surface area contributed by atoms with Crippen LogP contribution in [0, 0.1) is 5.92 Å². The van der Waals surface area contributed by atoms with Gasteiger partial charge in [-0.05, 0) is 49.9 Å². The highest BCUT2D eigenvalue weighted by molar-refractivity contribution is 5.94. The quantitative estimate of drug-likeness (QED) is 0.757. The normalized spacial score (nSPS) is 19.2. The molecule has 1 fully saturated rings. The van der Waals surface area contributed by atoms with Gasteiger partial charge in [-0.1, -0.05) is 19.9 Å². The van der Waals surface area contributed by atoms with Gasteiger partial charge in [0.05, 0.1) is 31.2 Å². The van der Waals surface area contributed by atoms with Crippen LogP contribution in [-0.2, 0) is 14.3 Å². The molecule has 0 atom stereocenters. The van der Waals surface area contributed by atoms with Crippen molar-refractivity contribution >= 4 is 22.8 Å². The molecule has 1 saturated carbocycles. The SMILES string of the molecule is CC.COC(=O)c1ccc2nc(C3CCC(C(=O)OC)CC3)ccc2c1. The number of aromatic nitrogens is 1. The van der Waals surface area contributed by atoms with Gasteiger partial charge in [0.15, 0.2) is 0 Å². The molecule has 140 valence electrons. The lowest BCUT2D eigenvalue weighted by Crippen LogP contribution is -2.22. The summed E-state index contributed by atoms with van der Waals surface area (Å²) in [6.07, 6.45) is 3.58. The minimum absolute atomic E-state index is 0.0225. The molecule has 1 aromatic heterocycles. The average Bonchev–Trinajstić information content (AvgIpc) is 2.73. The van der Waals surface area contributed by atoms with Crippen LogP contribution in [0.25, 0.3) is 10.9 Å². The van der Waals surface area contributed by atoms with Gasteiger partial charge < -0.3 is 9.47 Å². The van der Waals surface area contributed by atoms with Crippen molar-refractivity contribution in [3.8, 4) is 0 Å². The zero-order chi connectivity index (χ0) is 19.1. The lowest BCUT2D eigenvalue weighted by Gasteiger charge is -2.26. The highest BCUT2D eigenvalue weighted by Crippen LogP contribution is 2.36. The zero-order valence-electron chi connectivity index (χ0n) is 16.0. The molecule has 5 nitrogen and oxygen atoms in total. The van der Waals surface area contributed by atoms with Crippen molar-refractivity contribution in [2.75, 3.05) is 14.2 Å². The summed E-state index contributed by atoms with van der Waals surface area (Å²) in [7, 11) is 2.82. The van der Waals surface area contributed by atoms with E-state index in [-0.39, 0.29) is 17.9 Å². The Labute approximate surface area is 154 Å². The lowest BCUT2D eigenvalue weighted by molar-refractivity contribution is -0.146. The number of fused-ring (bicyclic) bond motifs is 1. The molecule has 2 aromatic rings. The maximum absolute atomic E-state index is 11.6. The van der Waals surface area contributed by atoms with Crippen LogP contribution in [0.1, 0.15) is 61.5 Å². The number of methoxy groups -OCH3 is 2. The predicted octanol–water partition coefficient (Wildman–Crippen LogP) is 4.49. The second kappa shape index (κ2) is 9.32. The first kappa shape index (κ1) is 19.9. The van der Waals surface area contributed by atoms with Crippen molar-refractivity contribution in [2.45, 2.75) is 45.4 Å². The largest absolute Gasteiger partial charge is 0.469 e. The Kier molecular flexibility index (Phi) is 7.13. The highest BCUT2D eigenvalue weighted by atomic mass is 16.5. The van der Waals surface area contributed by atoms with E-state index in [1.807, 2.05) is 32.0 Å². The Morgan fingerprint density at radius 3 is 2.27 bits per heavy atom. The van der Waals surface area contributed by atoms with E-state index in [0.717, 1.165) is 42.3 Å². The first-order chi connectivity index (χ1) is 12.6. The Morgan fingerprint density at radius 2 is 1.65 bits per heavy atom. The molecule has 0 bridgehead atoms. The number of esters is 2. The molecule has 26 heavy (non-hydrogen) atoms. The van der Waals surface area contributed by atoms with E-state index in [4.69, 9.17) is 14.5 Å². The molecule has 0 amide bonds. The lowest BCUT2D eigenvalue weighted by atomic mass is 9.80. The number of pyridine rings is 1. The van der Waals surface area contributed by atoms with Crippen molar-refractivity contribution in [1.82, 2.24) is 4.98 Å². The first-order valence-corrected chi connectivity index (χ1v) is 9.19. The van der Waals surface area contributed by atoms with Crippen molar-refractivity contribution in [1.29, 1.82) is 0 Å². The fourth-order valence-electron chi connectivity index (χ4n) is 3.41. The molecule has 0 spiro atoms. The third-order valence-electron chi connectivity index (χ3n) is 4.81. The number of hydrogen-bond donors (Lipinski definition) is 0. The number of nitrogens with zero attached hydrogens (tertiary/aromatic N) is 1. The number of hydrogen-bond acceptors (Lipinski definition) is 5. The van der Waals surface area contributed by atoms with Gasteiger partial charge >= 0.3 is 11.9 Å². The highest BCUT2D eigenvalue weighted by Gasteiger charge is 2.28. The average molecular weight is 357 g/mol. The molecule has 0 radical (unpaired) electrons. The summed E-state index contributed by atoms with van der Waals surface area (Å²) >= 11 is 0. The van der Waals surface area contributed by atoms with E-state index in [2.05, 4.69) is 0 Å².